The van der Waals surface area contributed by atoms with E-state index in [1.807, 2.05) is 19.1 Å². The Balaban J connectivity index is 2.79. The lowest BCUT2D eigenvalue weighted by atomic mass is 10.2. The van der Waals surface area contributed by atoms with Gasteiger partial charge in [-0.15, -0.1) is 0 Å². The van der Waals surface area contributed by atoms with Gasteiger partial charge in [-0.05, 0) is 24.1 Å². The molecule has 0 aliphatic carbocycles. The van der Waals surface area contributed by atoms with E-state index in [9.17, 15) is 4.79 Å². The summed E-state index contributed by atoms with van der Waals surface area (Å²) in [6.45, 7) is 1.90. The van der Waals surface area contributed by atoms with Gasteiger partial charge in [0.15, 0.2) is 0 Å². The van der Waals surface area contributed by atoms with Gasteiger partial charge in [0, 0.05) is 12.6 Å². The average Bonchev–Trinajstić information content (AvgIpc) is 2.12. The molecule has 0 fully saturated rings. The number of anilines is 1. The molecule has 2 N–H and O–H groups in total. The van der Waals surface area contributed by atoms with Crippen molar-refractivity contribution < 1.29 is 4.79 Å². The largest absolute Gasteiger partial charge is 0.383 e. The molecule has 13 heavy (non-hydrogen) atoms. The average molecular weight is 176 g/mol. The van der Waals surface area contributed by atoms with Crippen molar-refractivity contribution in [3.05, 3.63) is 29.5 Å². The zero-order valence-electron chi connectivity index (χ0n) is 7.53. The minimum absolute atomic E-state index is 0.434. The molecule has 0 saturated heterocycles. The fraction of sp³-hybridized carbons (Fsp3) is 0.200. The van der Waals surface area contributed by atoms with Gasteiger partial charge in [-0.2, -0.15) is 0 Å². The van der Waals surface area contributed by atoms with Crippen LogP contribution in [0.3, 0.4) is 0 Å². The first-order chi connectivity index (χ1) is 6.24. The van der Waals surface area contributed by atoms with Crippen molar-refractivity contribution in [1.82, 2.24) is 4.98 Å². The Labute approximate surface area is 77.3 Å². The summed E-state index contributed by atoms with van der Waals surface area (Å²) in [6, 6.07) is 1.93. The quantitative estimate of drug-likeness (QED) is 0.711. The Kier molecular flexibility index (Phi) is 3.20. The maximum Gasteiger partial charge on any atom is 0.126 e. The molecule has 0 amide bonds. The highest BCUT2D eigenvalue weighted by Crippen LogP contribution is 2.10. The minimum atomic E-state index is 0.434. The summed E-state index contributed by atoms with van der Waals surface area (Å²) in [5.41, 5.74) is 7.47. The van der Waals surface area contributed by atoms with Crippen LogP contribution < -0.4 is 5.73 Å². The zero-order chi connectivity index (χ0) is 9.68. The third kappa shape index (κ3) is 2.71. The van der Waals surface area contributed by atoms with E-state index in [-0.39, 0.29) is 0 Å². The van der Waals surface area contributed by atoms with Crippen molar-refractivity contribution in [2.45, 2.75) is 13.3 Å². The molecule has 0 atom stereocenters. The molecule has 1 aromatic rings. The highest BCUT2D eigenvalue weighted by atomic mass is 16.1. The van der Waals surface area contributed by atoms with Crippen LogP contribution in [-0.4, -0.2) is 11.3 Å². The normalized spacial score (nSPS) is 10.5. The van der Waals surface area contributed by atoms with Crippen molar-refractivity contribution >= 4 is 18.2 Å². The number of carbonyl (C=O) groups excluding carboxylic acids is 1. The fourth-order valence-electron chi connectivity index (χ4n) is 0.958. The second-order valence-electron chi connectivity index (χ2n) is 2.78. The maximum atomic E-state index is 10.0. The monoisotopic (exact) mass is 176 g/mol. The van der Waals surface area contributed by atoms with Gasteiger partial charge in [-0.1, -0.05) is 12.2 Å². The van der Waals surface area contributed by atoms with E-state index >= 15 is 0 Å². The molecule has 0 saturated carbocycles. The van der Waals surface area contributed by atoms with Gasteiger partial charge in [-0.25, -0.2) is 4.98 Å². The van der Waals surface area contributed by atoms with Crippen LogP contribution in [0.5, 0.6) is 0 Å². The molecule has 0 aliphatic rings. The van der Waals surface area contributed by atoms with Crippen molar-refractivity contribution in [3.63, 3.8) is 0 Å². The fourth-order valence-corrected chi connectivity index (χ4v) is 0.958. The molecule has 3 nitrogen and oxygen atoms in total. The van der Waals surface area contributed by atoms with E-state index in [1.54, 1.807) is 12.3 Å². The van der Waals surface area contributed by atoms with Gasteiger partial charge in [-0.3, -0.25) is 0 Å². The van der Waals surface area contributed by atoms with Crippen LogP contribution in [0.25, 0.3) is 6.08 Å². The molecule has 0 aliphatic heterocycles. The summed E-state index contributed by atoms with van der Waals surface area (Å²) in [4.78, 5) is 14.0. The molecular formula is C10H12N2O. The van der Waals surface area contributed by atoms with Gasteiger partial charge in [0.25, 0.3) is 0 Å². The van der Waals surface area contributed by atoms with Crippen molar-refractivity contribution in [2.24, 2.45) is 0 Å². The van der Waals surface area contributed by atoms with E-state index in [2.05, 4.69) is 4.98 Å². The number of nitrogens with two attached hydrogens (primary N) is 1. The first-order valence-corrected chi connectivity index (χ1v) is 4.06. The molecule has 1 rings (SSSR count). The highest BCUT2D eigenvalue weighted by molar-refractivity contribution is 5.58. The Morgan fingerprint density at radius 3 is 3.00 bits per heavy atom. The number of aryl methyl sites for hydroxylation is 1. The number of carbonyl (C=O) groups is 1. The van der Waals surface area contributed by atoms with E-state index in [0.29, 0.717) is 12.2 Å². The van der Waals surface area contributed by atoms with Crippen LogP contribution in [0, 0.1) is 6.92 Å². The lowest BCUT2D eigenvalue weighted by Crippen LogP contribution is -1.93. The summed E-state index contributed by atoms with van der Waals surface area (Å²) in [6.07, 6.45) is 6.62. The lowest BCUT2D eigenvalue weighted by Gasteiger charge is -1.98. The van der Waals surface area contributed by atoms with Crippen molar-refractivity contribution in [2.75, 3.05) is 5.73 Å². The summed E-state index contributed by atoms with van der Waals surface area (Å²) in [5.74, 6) is 0.549. The predicted octanol–water partition coefficient (Wildman–Crippen LogP) is 1.57. The van der Waals surface area contributed by atoms with Gasteiger partial charge < -0.3 is 10.5 Å². The first kappa shape index (κ1) is 9.45. The minimum Gasteiger partial charge on any atom is -0.383 e. The number of nitrogen functional groups attached to an aromatic ring is 1. The molecule has 1 heterocycles. The van der Waals surface area contributed by atoms with Gasteiger partial charge in [0.1, 0.15) is 12.1 Å². The number of hydrogen-bond acceptors (Lipinski definition) is 3. The third-order valence-corrected chi connectivity index (χ3v) is 1.68. The van der Waals surface area contributed by atoms with Gasteiger partial charge >= 0.3 is 0 Å². The number of hydrogen-bond donors (Lipinski definition) is 1. The molecule has 0 unspecified atom stereocenters. The molecular weight excluding hydrogens is 164 g/mol. The highest BCUT2D eigenvalue weighted by Gasteiger charge is 1.93. The first-order valence-electron chi connectivity index (χ1n) is 4.06. The predicted molar refractivity (Wildman–Crippen MR) is 53.1 cm³/mol. The maximum absolute atomic E-state index is 10.0. The molecule has 0 spiro atoms. The number of nitrogens with zero attached hydrogens (tertiary/aromatic N) is 1. The molecule has 0 radical (unpaired) electrons. The number of pyridine rings is 1. The summed E-state index contributed by atoms with van der Waals surface area (Å²) in [5, 5.41) is 0. The lowest BCUT2D eigenvalue weighted by molar-refractivity contribution is -0.107. The summed E-state index contributed by atoms with van der Waals surface area (Å²) >= 11 is 0. The van der Waals surface area contributed by atoms with Gasteiger partial charge in [0.2, 0.25) is 0 Å². The van der Waals surface area contributed by atoms with Crippen LogP contribution >= 0.6 is 0 Å². The van der Waals surface area contributed by atoms with Crippen molar-refractivity contribution in [1.29, 1.82) is 0 Å². The van der Waals surface area contributed by atoms with E-state index in [1.165, 1.54) is 0 Å². The summed E-state index contributed by atoms with van der Waals surface area (Å²) in [7, 11) is 0. The number of allylic oxidation sites excluding steroid dienone is 1. The number of rotatable bonds is 3. The molecule has 0 aromatic carbocycles. The Hall–Kier alpha value is -1.64. The van der Waals surface area contributed by atoms with E-state index in [4.69, 9.17) is 5.73 Å². The standard InChI is InChI=1S/C10H12N2O/c1-8-6-9(4-2-3-5-13)7-12-10(8)11/h2,4-7H,3H2,1H3,(H2,11,12). The van der Waals surface area contributed by atoms with Crippen LogP contribution in [-0.2, 0) is 4.79 Å². The van der Waals surface area contributed by atoms with Crippen LogP contribution in [0.15, 0.2) is 18.3 Å². The SMILES string of the molecule is Cc1cc(C=CCC=O)cnc1N. The Morgan fingerprint density at radius 1 is 1.62 bits per heavy atom. The Bertz CT molecular complexity index is 332. The molecule has 0 bridgehead atoms. The topological polar surface area (TPSA) is 56.0 Å². The zero-order valence-corrected chi connectivity index (χ0v) is 7.53. The van der Waals surface area contributed by atoms with Crippen molar-refractivity contribution in [3.8, 4) is 0 Å². The van der Waals surface area contributed by atoms with Crippen LogP contribution in [0.1, 0.15) is 17.5 Å². The molecule has 1 aromatic heterocycles. The van der Waals surface area contributed by atoms with E-state index < -0.39 is 0 Å². The Morgan fingerprint density at radius 2 is 2.38 bits per heavy atom. The second kappa shape index (κ2) is 4.40. The smallest absolute Gasteiger partial charge is 0.126 e. The van der Waals surface area contributed by atoms with Crippen LogP contribution in [0.2, 0.25) is 0 Å². The third-order valence-electron chi connectivity index (χ3n) is 1.68. The van der Waals surface area contributed by atoms with Crippen LogP contribution in [0.4, 0.5) is 5.82 Å². The molecule has 3 heteroatoms. The number of aldehydes is 1. The number of aromatic nitrogens is 1. The molecule has 68 valence electrons. The van der Waals surface area contributed by atoms with Gasteiger partial charge in [0.05, 0.1) is 0 Å². The summed E-state index contributed by atoms with van der Waals surface area (Å²) < 4.78 is 0. The second-order valence-corrected chi connectivity index (χ2v) is 2.78. The van der Waals surface area contributed by atoms with E-state index in [0.717, 1.165) is 17.4 Å².